The number of aliphatic hydroxyl groups excluding tert-OH is 1. The van der Waals surface area contributed by atoms with Gasteiger partial charge in [-0.25, -0.2) is 0 Å². The second kappa shape index (κ2) is 8.49. The number of amides is 1. The molecule has 2 aromatic heterocycles. The number of rotatable bonds is 8. The fraction of sp³-hybridized carbons (Fsp3) is 0.444. The number of carbonyl (C=O) groups excluding carboxylic acids is 3. The van der Waals surface area contributed by atoms with Gasteiger partial charge >= 0.3 is 0 Å². The second-order valence-corrected chi connectivity index (χ2v) is 10.9. The third kappa shape index (κ3) is 3.74. The van der Waals surface area contributed by atoms with E-state index in [1.165, 1.54) is 11.6 Å². The van der Waals surface area contributed by atoms with Crippen molar-refractivity contribution in [1.29, 1.82) is 0 Å². The molecule has 0 radical (unpaired) electrons. The molecule has 36 heavy (non-hydrogen) atoms. The zero-order valence-electron chi connectivity index (χ0n) is 19.9. The highest BCUT2D eigenvalue weighted by Crippen LogP contribution is 2.60. The normalized spacial score (nSPS) is 28.2. The van der Waals surface area contributed by atoms with E-state index < -0.39 is 6.04 Å². The Kier molecular flexibility index (Phi) is 5.50. The van der Waals surface area contributed by atoms with Crippen LogP contribution in [0.5, 0.6) is 0 Å². The van der Waals surface area contributed by atoms with Crippen LogP contribution in [-0.4, -0.2) is 60.9 Å². The first kappa shape index (κ1) is 23.3. The van der Waals surface area contributed by atoms with Crippen molar-refractivity contribution in [2.75, 3.05) is 6.61 Å². The fourth-order valence-corrected chi connectivity index (χ4v) is 6.40. The fourth-order valence-electron chi connectivity index (χ4n) is 6.13. The standard InChI is InChI=1S/C27H27ClN4O4/c1-15(34)26-18-6-7-29-12-22(18)31(30-26)13-25(36)32-21(10-27(14-33)11-24(27)32)23(35)9-16-8-19(16)17-4-2-3-5-20(17)28/h2-7,12,16,19,21,24,33H,8-11,13-14H2,1H3/t16-,19+,21-,24+,27-/m0/s1. The molecule has 3 fully saturated rings. The van der Waals surface area contributed by atoms with Crippen molar-refractivity contribution in [3.63, 3.8) is 0 Å². The number of pyridine rings is 1. The van der Waals surface area contributed by atoms with Gasteiger partial charge in [0.1, 0.15) is 12.2 Å². The third-order valence-electron chi connectivity index (χ3n) is 8.26. The summed E-state index contributed by atoms with van der Waals surface area (Å²) in [4.78, 5) is 44.9. The van der Waals surface area contributed by atoms with Gasteiger partial charge in [0, 0.05) is 41.4 Å². The maximum Gasteiger partial charge on any atom is 0.245 e. The molecule has 3 aromatic rings. The number of aromatic nitrogens is 3. The minimum atomic E-state index is -0.553. The van der Waals surface area contributed by atoms with Crippen molar-refractivity contribution in [1.82, 2.24) is 19.7 Å². The molecular weight excluding hydrogens is 480 g/mol. The molecule has 8 nitrogen and oxygen atoms in total. The predicted octanol–water partition coefficient (Wildman–Crippen LogP) is 3.40. The number of Topliss-reactive ketones (excluding diaryl/α,β-unsaturated/α-hetero) is 2. The molecule has 5 atom stereocenters. The third-order valence-corrected chi connectivity index (χ3v) is 8.60. The summed E-state index contributed by atoms with van der Waals surface area (Å²) in [7, 11) is 0. The van der Waals surface area contributed by atoms with E-state index in [2.05, 4.69) is 10.1 Å². The summed E-state index contributed by atoms with van der Waals surface area (Å²) < 4.78 is 1.50. The summed E-state index contributed by atoms with van der Waals surface area (Å²) in [5.74, 6) is 0.107. The van der Waals surface area contributed by atoms with Gasteiger partial charge in [-0.05, 0) is 48.8 Å². The van der Waals surface area contributed by atoms with Crippen molar-refractivity contribution in [3.05, 3.63) is 59.0 Å². The van der Waals surface area contributed by atoms with E-state index in [4.69, 9.17) is 11.6 Å². The number of likely N-dealkylation sites (tertiary alicyclic amines) is 1. The van der Waals surface area contributed by atoms with Crippen molar-refractivity contribution < 1.29 is 19.5 Å². The van der Waals surface area contributed by atoms with Gasteiger partial charge < -0.3 is 10.0 Å². The number of nitrogens with zero attached hydrogens (tertiary/aromatic N) is 4. The van der Waals surface area contributed by atoms with Crippen LogP contribution >= 0.6 is 11.6 Å². The topological polar surface area (TPSA) is 105 Å². The maximum absolute atomic E-state index is 13.6. The zero-order chi connectivity index (χ0) is 25.2. The lowest BCUT2D eigenvalue weighted by atomic mass is 9.95. The van der Waals surface area contributed by atoms with Gasteiger partial charge in [-0.3, -0.25) is 24.0 Å². The number of ketones is 2. The smallest absolute Gasteiger partial charge is 0.245 e. The van der Waals surface area contributed by atoms with E-state index >= 15 is 0 Å². The molecule has 2 saturated carbocycles. The molecule has 0 bridgehead atoms. The van der Waals surface area contributed by atoms with E-state index in [0.717, 1.165) is 17.0 Å². The maximum atomic E-state index is 13.6. The van der Waals surface area contributed by atoms with Gasteiger partial charge in [-0.1, -0.05) is 29.8 Å². The van der Waals surface area contributed by atoms with E-state index in [-0.39, 0.29) is 53.9 Å². The Balaban J connectivity index is 1.21. The molecule has 3 heterocycles. The Morgan fingerprint density at radius 3 is 2.75 bits per heavy atom. The first-order chi connectivity index (χ1) is 17.3. The molecule has 6 rings (SSSR count). The van der Waals surface area contributed by atoms with Crippen LogP contribution < -0.4 is 0 Å². The van der Waals surface area contributed by atoms with Gasteiger partial charge in [0.2, 0.25) is 5.91 Å². The van der Waals surface area contributed by atoms with Crippen molar-refractivity contribution in [3.8, 4) is 0 Å². The average molecular weight is 507 g/mol. The molecule has 0 unspecified atom stereocenters. The monoisotopic (exact) mass is 506 g/mol. The molecule has 186 valence electrons. The zero-order valence-corrected chi connectivity index (χ0v) is 20.7. The van der Waals surface area contributed by atoms with E-state index in [1.807, 2.05) is 24.3 Å². The summed E-state index contributed by atoms with van der Waals surface area (Å²) in [5, 5.41) is 15.8. The Bertz CT molecular complexity index is 1400. The Morgan fingerprint density at radius 2 is 2.00 bits per heavy atom. The summed E-state index contributed by atoms with van der Waals surface area (Å²) in [6, 6.07) is 8.76. The van der Waals surface area contributed by atoms with Gasteiger partial charge in [-0.15, -0.1) is 0 Å². The lowest BCUT2D eigenvalue weighted by Crippen LogP contribution is -2.44. The van der Waals surface area contributed by atoms with Crippen LogP contribution in [0.4, 0.5) is 0 Å². The highest BCUT2D eigenvalue weighted by atomic mass is 35.5. The first-order valence-corrected chi connectivity index (χ1v) is 12.7. The molecule has 9 heteroatoms. The Labute approximate surface area is 213 Å². The highest BCUT2D eigenvalue weighted by molar-refractivity contribution is 6.31. The quantitative estimate of drug-likeness (QED) is 0.469. The minimum absolute atomic E-state index is 0.0411. The molecular formula is C27H27ClN4O4. The Morgan fingerprint density at radius 1 is 1.19 bits per heavy atom. The second-order valence-electron chi connectivity index (χ2n) is 10.5. The number of hydrogen-bond acceptors (Lipinski definition) is 6. The van der Waals surface area contributed by atoms with Crippen LogP contribution in [0.1, 0.15) is 54.6 Å². The minimum Gasteiger partial charge on any atom is -0.396 e. The summed E-state index contributed by atoms with van der Waals surface area (Å²) in [6.45, 7) is 1.31. The average Bonchev–Trinajstić information content (AvgIpc) is 3.72. The molecule has 1 aromatic carbocycles. The molecule has 3 aliphatic rings. The Hall–Kier alpha value is -3.10. The van der Waals surface area contributed by atoms with Crippen LogP contribution in [0.2, 0.25) is 5.02 Å². The number of aliphatic hydroxyl groups is 1. The first-order valence-electron chi connectivity index (χ1n) is 12.3. The number of carbonyl (C=O) groups is 3. The molecule has 1 aliphatic heterocycles. The number of hydrogen-bond donors (Lipinski definition) is 1. The van der Waals surface area contributed by atoms with E-state index in [1.54, 1.807) is 23.4 Å². The van der Waals surface area contributed by atoms with Crippen molar-refractivity contribution in [2.24, 2.45) is 11.3 Å². The van der Waals surface area contributed by atoms with Gasteiger partial charge in [0.05, 0.1) is 24.4 Å². The number of benzene rings is 1. The van der Waals surface area contributed by atoms with Gasteiger partial charge in [-0.2, -0.15) is 5.10 Å². The van der Waals surface area contributed by atoms with E-state index in [0.29, 0.717) is 35.9 Å². The number of fused-ring (bicyclic) bond motifs is 2. The summed E-state index contributed by atoms with van der Waals surface area (Å²) >= 11 is 6.36. The van der Waals surface area contributed by atoms with Crippen LogP contribution in [0, 0.1) is 11.3 Å². The van der Waals surface area contributed by atoms with Crippen LogP contribution in [-0.2, 0) is 16.1 Å². The lowest BCUT2D eigenvalue weighted by molar-refractivity contribution is -0.139. The van der Waals surface area contributed by atoms with Gasteiger partial charge in [0.25, 0.3) is 0 Å². The highest BCUT2D eigenvalue weighted by Gasteiger charge is 2.66. The van der Waals surface area contributed by atoms with Crippen LogP contribution in [0.15, 0.2) is 42.7 Å². The molecule has 2 aliphatic carbocycles. The molecule has 0 spiro atoms. The molecule has 1 saturated heterocycles. The van der Waals surface area contributed by atoms with Crippen LogP contribution in [0.3, 0.4) is 0 Å². The van der Waals surface area contributed by atoms with Crippen molar-refractivity contribution in [2.45, 2.75) is 57.2 Å². The summed E-state index contributed by atoms with van der Waals surface area (Å²) in [6.07, 6.45) is 5.66. The largest absolute Gasteiger partial charge is 0.396 e. The van der Waals surface area contributed by atoms with Crippen LogP contribution in [0.25, 0.3) is 10.9 Å². The van der Waals surface area contributed by atoms with Crippen molar-refractivity contribution >= 4 is 40.0 Å². The predicted molar refractivity (Wildman–Crippen MR) is 133 cm³/mol. The molecule has 1 N–H and O–H groups in total. The van der Waals surface area contributed by atoms with E-state index in [9.17, 15) is 19.5 Å². The number of halogens is 1. The van der Waals surface area contributed by atoms with Gasteiger partial charge in [0.15, 0.2) is 11.6 Å². The summed E-state index contributed by atoms with van der Waals surface area (Å²) in [5.41, 5.74) is 1.58. The lowest BCUT2D eigenvalue weighted by Gasteiger charge is -2.27. The molecule has 1 amide bonds. The number of piperidine rings is 1. The SMILES string of the molecule is CC(=O)c1nn(CC(=O)N2[C@H](C(=O)C[C@@H]3C[C@H]3c3ccccc3Cl)C[C@@]3(CO)C[C@@H]23)c2cnccc12.